The lowest BCUT2D eigenvalue weighted by Crippen LogP contribution is -2.42. The highest BCUT2D eigenvalue weighted by Crippen LogP contribution is 2.42. The molecule has 1 N–H and O–H groups in total. The summed E-state index contributed by atoms with van der Waals surface area (Å²) in [4.78, 5) is 3.78. The maximum Gasteiger partial charge on any atom is 0.404 e. The summed E-state index contributed by atoms with van der Waals surface area (Å²) in [5.74, 6) is 0. The van der Waals surface area contributed by atoms with Crippen molar-refractivity contribution < 1.29 is 21.6 Å². The quantitative estimate of drug-likeness (QED) is 0.507. The van der Waals surface area contributed by atoms with E-state index in [9.17, 15) is 26.9 Å². The summed E-state index contributed by atoms with van der Waals surface area (Å²) in [6, 6.07) is 7.28. The molecule has 3 aromatic rings. The van der Waals surface area contributed by atoms with Gasteiger partial charge in [0.15, 0.2) is 0 Å². The maximum absolute atomic E-state index is 12.8. The molecule has 0 radical (unpaired) electrons. The zero-order valence-electron chi connectivity index (χ0n) is 16.8. The van der Waals surface area contributed by atoms with E-state index in [0.29, 0.717) is 22.2 Å². The summed E-state index contributed by atoms with van der Waals surface area (Å²) < 4.78 is 66.8. The van der Waals surface area contributed by atoms with Crippen LogP contribution in [0.15, 0.2) is 41.4 Å². The third kappa shape index (κ3) is 3.96. The lowest BCUT2D eigenvalue weighted by Gasteiger charge is -2.30. The molecule has 168 valence electrons. The number of sulfonamides is 1. The highest BCUT2D eigenvalue weighted by atomic mass is 35.5. The number of rotatable bonds is 5. The second-order valence-electron chi connectivity index (χ2n) is 7.72. The van der Waals surface area contributed by atoms with E-state index in [-0.39, 0.29) is 16.1 Å². The van der Waals surface area contributed by atoms with Crippen molar-refractivity contribution in [1.82, 2.24) is 14.3 Å². The maximum atomic E-state index is 12.8. The first-order valence-corrected chi connectivity index (χ1v) is 11.7. The second-order valence-corrected chi connectivity index (χ2v) is 9.82. The molecule has 0 bridgehead atoms. The Morgan fingerprint density at radius 3 is 2.47 bits per heavy atom. The van der Waals surface area contributed by atoms with Gasteiger partial charge >= 0.3 is 6.18 Å². The normalized spacial score (nSPS) is 16.0. The molecule has 2 heterocycles. The number of fused-ring (bicyclic) bond motifs is 1. The molecular weight excluding hydrogens is 465 g/mol. The third-order valence-electron chi connectivity index (χ3n) is 5.67. The predicted molar refractivity (Wildman–Crippen MR) is 114 cm³/mol. The van der Waals surface area contributed by atoms with Gasteiger partial charge in [0.05, 0.1) is 21.7 Å². The summed E-state index contributed by atoms with van der Waals surface area (Å²) in [6.07, 6.45) is -0.269. The number of nitriles is 1. The van der Waals surface area contributed by atoms with Crippen LogP contribution in [0.1, 0.15) is 37.8 Å². The van der Waals surface area contributed by atoms with Crippen LogP contribution in [0.2, 0.25) is 5.15 Å². The molecule has 11 heteroatoms. The van der Waals surface area contributed by atoms with E-state index in [1.54, 1.807) is 10.8 Å². The summed E-state index contributed by atoms with van der Waals surface area (Å²) in [5, 5.41) is 10.8. The highest BCUT2D eigenvalue weighted by molar-refractivity contribution is 7.89. The van der Waals surface area contributed by atoms with Gasteiger partial charge in [0.2, 0.25) is 10.0 Å². The van der Waals surface area contributed by atoms with Gasteiger partial charge in [-0.3, -0.25) is 0 Å². The second kappa shape index (κ2) is 8.06. The first-order valence-electron chi connectivity index (χ1n) is 9.82. The molecule has 1 aliphatic carbocycles. The van der Waals surface area contributed by atoms with Gasteiger partial charge in [-0.25, -0.2) is 13.4 Å². The van der Waals surface area contributed by atoms with Crippen LogP contribution in [0.5, 0.6) is 0 Å². The SMILES string of the molecule is C[C@H](NS(=O)(=O)c1ccc(-c2c(C#N)c3cnc(Cl)cc3n2C2CCC2)cc1)C(F)(F)F. The molecular formula is C21H18ClF3N4O2S. The van der Waals surface area contributed by atoms with Crippen molar-refractivity contribution in [2.45, 2.75) is 49.3 Å². The van der Waals surface area contributed by atoms with Gasteiger partial charge in [0, 0.05) is 17.6 Å². The Labute approximate surface area is 187 Å². The molecule has 1 atom stereocenters. The molecule has 0 aliphatic heterocycles. The fourth-order valence-corrected chi connectivity index (χ4v) is 5.14. The Morgan fingerprint density at radius 2 is 1.94 bits per heavy atom. The number of nitrogens with zero attached hydrogens (tertiary/aromatic N) is 3. The van der Waals surface area contributed by atoms with Gasteiger partial charge < -0.3 is 4.57 Å². The summed E-state index contributed by atoms with van der Waals surface area (Å²) in [5.41, 5.74) is 2.33. The van der Waals surface area contributed by atoms with E-state index in [1.165, 1.54) is 30.5 Å². The van der Waals surface area contributed by atoms with Gasteiger partial charge in [0.1, 0.15) is 17.3 Å². The van der Waals surface area contributed by atoms with Crippen molar-refractivity contribution in [2.24, 2.45) is 0 Å². The standard InChI is InChI=1S/C21H18ClF3N4O2S/c1-12(21(23,24)25)28-32(30,31)15-7-5-13(6-8-15)20-16(10-26)17-11-27-19(22)9-18(17)29(20)14-3-2-4-14/h5-9,11-12,14,28H,2-4H2,1H3/t12-/m0/s1. The topological polar surface area (TPSA) is 87.8 Å². The molecule has 0 unspecified atom stereocenters. The zero-order valence-corrected chi connectivity index (χ0v) is 18.4. The Kier molecular flexibility index (Phi) is 5.69. The van der Waals surface area contributed by atoms with Crippen LogP contribution in [0.4, 0.5) is 13.2 Å². The molecule has 2 aromatic heterocycles. The van der Waals surface area contributed by atoms with Crippen LogP contribution in [0.25, 0.3) is 22.2 Å². The molecule has 1 aliphatic rings. The molecule has 6 nitrogen and oxygen atoms in total. The number of halogens is 4. The van der Waals surface area contributed by atoms with Crippen LogP contribution in [-0.2, 0) is 10.0 Å². The molecule has 0 saturated heterocycles. The van der Waals surface area contributed by atoms with Crippen LogP contribution in [0.3, 0.4) is 0 Å². The fourth-order valence-electron chi connectivity index (χ4n) is 3.76. The number of hydrogen-bond donors (Lipinski definition) is 1. The van der Waals surface area contributed by atoms with Crippen molar-refractivity contribution in [3.8, 4) is 17.3 Å². The number of aromatic nitrogens is 2. The highest BCUT2D eigenvalue weighted by Gasteiger charge is 2.39. The fraction of sp³-hybridized carbons (Fsp3) is 0.333. The Morgan fingerprint density at radius 1 is 1.28 bits per heavy atom. The average molecular weight is 483 g/mol. The van der Waals surface area contributed by atoms with Crippen molar-refractivity contribution in [2.75, 3.05) is 0 Å². The van der Waals surface area contributed by atoms with E-state index < -0.39 is 22.2 Å². The van der Waals surface area contributed by atoms with E-state index in [1.807, 2.05) is 4.57 Å². The van der Waals surface area contributed by atoms with Crippen LogP contribution in [0, 0.1) is 11.3 Å². The van der Waals surface area contributed by atoms with Crippen LogP contribution in [-0.4, -0.2) is 30.2 Å². The number of benzene rings is 1. The number of nitrogens with one attached hydrogen (secondary N) is 1. The Bertz CT molecular complexity index is 1320. The zero-order chi connectivity index (χ0) is 23.3. The van der Waals surface area contributed by atoms with Gasteiger partial charge in [-0.1, -0.05) is 23.7 Å². The molecule has 1 fully saturated rings. The molecule has 32 heavy (non-hydrogen) atoms. The van der Waals surface area contributed by atoms with Gasteiger partial charge in [0.25, 0.3) is 0 Å². The molecule has 4 rings (SSSR count). The Hall–Kier alpha value is -2.61. The third-order valence-corrected chi connectivity index (χ3v) is 7.43. The minimum Gasteiger partial charge on any atom is -0.336 e. The number of pyridine rings is 1. The molecule has 1 saturated carbocycles. The number of hydrogen-bond acceptors (Lipinski definition) is 4. The Balaban J connectivity index is 1.80. The van der Waals surface area contributed by atoms with Crippen molar-refractivity contribution in [1.29, 1.82) is 5.26 Å². The summed E-state index contributed by atoms with van der Waals surface area (Å²) >= 11 is 6.09. The summed E-state index contributed by atoms with van der Waals surface area (Å²) in [6.45, 7) is 0.737. The van der Waals surface area contributed by atoms with Crippen molar-refractivity contribution >= 4 is 32.5 Å². The van der Waals surface area contributed by atoms with Crippen molar-refractivity contribution in [3.63, 3.8) is 0 Å². The van der Waals surface area contributed by atoms with E-state index in [2.05, 4.69) is 11.1 Å². The number of alkyl halides is 3. The van der Waals surface area contributed by atoms with E-state index in [4.69, 9.17) is 11.6 Å². The van der Waals surface area contributed by atoms with Gasteiger partial charge in [-0.2, -0.15) is 23.2 Å². The molecule has 0 spiro atoms. The smallest absolute Gasteiger partial charge is 0.336 e. The lowest BCUT2D eigenvalue weighted by molar-refractivity contribution is -0.147. The first-order chi connectivity index (χ1) is 15.0. The van der Waals surface area contributed by atoms with E-state index >= 15 is 0 Å². The van der Waals surface area contributed by atoms with Crippen molar-refractivity contribution in [3.05, 3.63) is 47.2 Å². The monoisotopic (exact) mass is 482 g/mol. The molecule has 1 aromatic carbocycles. The van der Waals surface area contributed by atoms with Crippen LogP contribution >= 0.6 is 11.6 Å². The minimum atomic E-state index is -4.70. The van der Waals surface area contributed by atoms with E-state index in [0.717, 1.165) is 31.7 Å². The lowest BCUT2D eigenvalue weighted by atomic mass is 9.92. The molecule has 0 amide bonds. The van der Waals surface area contributed by atoms with Crippen LogP contribution < -0.4 is 4.72 Å². The summed E-state index contributed by atoms with van der Waals surface area (Å²) in [7, 11) is -4.38. The minimum absolute atomic E-state index is 0.158. The average Bonchev–Trinajstić information content (AvgIpc) is 2.99. The predicted octanol–water partition coefficient (Wildman–Crippen LogP) is 5.18. The first kappa shape index (κ1) is 22.6. The van der Waals surface area contributed by atoms with Gasteiger partial charge in [-0.05, 0) is 49.9 Å². The van der Waals surface area contributed by atoms with Gasteiger partial charge in [-0.15, -0.1) is 0 Å². The largest absolute Gasteiger partial charge is 0.404 e.